The van der Waals surface area contributed by atoms with E-state index in [0.717, 1.165) is 16.9 Å². The Hall–Kier alpha value is -3.58. The van der Waals surface area contributed by atoms with Crippen LogP contribution in [0.3, 0.4) is 0 Å². The number of aldehydes is 1. The molecule has 0 aliphatic carbocycles. The quantitative estimate of drug-likeness (QED) is 0.295. The van der Waals surface area contributed by atoms with Gasteiger partial charge in [0.05, 0.1) is 31.4 Å². The monoisotopic (exact) mass is 453 g/mol. The highest BCUT2D eigenvalue weighted by molar-refractivity contribution is 6.32. The fraction of sp³-hybridized carbons (Fsp3) is 0.208. The van der Waals surface area contributed by atoms with Gasteiger partial charge in [-0.2, -0.15) is 0 Å². The topological polar surface area (TPSA) is 99.4 Å². The molecule has 32 heavy (non-hydrogen) atoms. The predicted molar refractivity (Wildman–Crippen MR) is 126 cm³/mol. The highest BCUT2D eigenvalue weighted by Crippen LogP contribution is 2.31. The molecule has 1 aromatic heterocycles. The molecule has 166 valence electrons. The van der Waals surface area contributed by atoms with Crippen LogP contribution in [0.2, 0.25) is 5.02 Å². The van der Waals surface area contributed by atoms with Crippen LogP contribution in [0.5, 0.6) is 11.5 Å². The molecule has 0 radical (unpaired) electrons. The first-order valence-corrected chi connectivity index (χ1v) is 10.3. The van der Waals surface area contributed by atoms with E-state index in [2.05, 4.69) is 9.98 Å². The Morgan fingerprint density at radius 1 is 1.09 bits per heavy atom. The van der Waals surface area contributed by atoms with Gasteiger partial charge in [0.15, 0.2) is 6.29 Å². The first-order chi connectivity index (χ1) is 15.5. The third-order valence-corrected chi connectivity index (χ3v) is 4.98. The molecule has 3 aromatic rings. The number of nitrogens with two attached hydrogens (primary N) is 1. The number of rotatable bonds is 9. The van der Waals surface area contributed by atoms with E-state index >= 15 is 0 Å². The summed E-state index contributed by atoms with van der Waals surface area (Å²) in [6.45, 7) is 0.455. The van der Waals surface area contributed by atoms with Gasteiger partial charge in [-0.1, -0.05) is 23.7 Å². The molecule has 2 aromatic carbocycles. The minimum absolute atomic E-state index is 0.0503. The number of benzene rings is 2. The molecular formula is C24H24ClN3O4. The van der Waals surface area contributed by atoms with Crippen molar-refractivity contribution >= 4 is 29.6 Å². The van der Waals surface area contributed by atoms with Crippen LogP contribution in [0.15, 0.2) is 69.0 Å². The number of hydrogen-bond donors (Lipinski definition) is 1. The van der Waals surface area contributed by atoms with E-state index in [9.17, 15) is 4.79 Å². The maximum absolute atomic E-state index is 11.5. The van der Waals surface area contributed by atoms with E-state index < -0.39 is 0 Å². The van der Waals surface area contributed by atoms with Gasteiger partial charge in [-0.05, 0) is 54.4 Å². The lowest BCUT2D eigenvalue weighted by Gasteiger charge is -2.04. The molecule has 0 aliphatic heterocycles. The second-order valence-electron chi connectivity index (χ2n) is 6.85. The number of carbonyl (C=O) groups excluding carboxylic acids is 1. The smallest absolute Gasteiger partial charge is 0.215 e. The largest absolute Gasteiger partial charge is 0.497 e. The lowest BCUT2D eigenvalue weighted by molar-refractivity contribution is -0.102. The van der Waals surface area contributed by atoms with Crippen LogP contribution >= 0.6 is 11.6 Å². The van der Waals surface area contributed by atoms with Crippen molar-refractivity contribution in [1.82, 2.24) is 0 Å². The Bertz CT molecular complexity index is 1120. The molecule has 0 saturated heterocycles. The van der Waals surface area contributed by atoms with Crippen molar-refractivity contribution in [3.63, 3.8) is 0 Å². The molecule has 3 rings (SSSR count). The average molecular weight is 454 g/mol. The second-order valence-corrected chi connectivity index (χ2v) is 7.26. The van der Waals surface area contributed by atoms with E-state index in [4.69, 9.17) is 31.2 Å². The molecule has 0 aliphatic rings. The zero-order chi connectivity index (χ0) is 22.9. The van der Waals surface area contributed by atoms with Gasteiger partial charge in [-0.15, -0.1) is 0 Å². The highest BCUT2D eigenvalue weighted by atomic mass is 35.5. The number of aliphatic imine (C=N–C) groups is 2. The molecule has 1 heterocycles. The zero-order valence-corrected chi connectivity index (χ0v) is 18.6. The number of guanidine groups is 1. The molecule has 0 unspecified atom stereocenters. The van der Waals surface area contributed by atoms with Gasteiger partial charge in [-0.25, -0.2) is 4.99 Å². The number of carbonyl (C=O) groups is 1. The van der Waals surface area contributed by atoms with Gasteiger partial charge < -0.3 is 19.6 Å². The Morgan fingerprint density at radius 3 is 2.53 bits per heavy atom. The van der Waals surface area contributed by atoms with Gasteiger partial charge in [0, 0.05) is 12.1 Å². The maximum atomic E-state index is 11.5. The lowest BCUT2D eigenvalue weighted by Crippen LogP contribution is -2.15. The Morgan fingerprint density at radius 2 is 1.88 bits per heavy atom. The van der Waals surface area contributed by atoms with Gasteiger partial charge in [0.1, 0.15) is 23.0 Å². The molecule has 0 saturated carbocycles. The summed E-state index contributed by atoms with van der Waals surface area (Å²) in [7, 11) is 3.18. The van der Waals surface area contributed by atoms with Crippen molar-refractivity contribution in [2.24, 2.45) is 15.7 Å². The van der Waals surface area contributed by atoms with Crippen LogP contribution in [0.4, 0.5) is 0 Å². The summed E-state index contributed by atoms with van der Waals surface area (Å²) in [6.07, 6.45) is 1.54. The first-order valence-electron chi connectivity index (χ1n) is 9.90. The molecular weight excluding hydrogens is 430 g/mol. The van der Waals surface area contributed by atoms with E-state index in [0.29, 0.717) is 41.5 Å². The van der Waals surface area contributed by atoms with Crippen LogP contribution in [-0.4, -0.2) is 38.7 Å². The molecule has 8 heteroatoms. The van der Waals surface area contributed by atoms with Crippen LogP contribution in [0.25, 0.3) is 11.3 Å². The Balaban J connectivity index is 1.62. The minimum atomic E-state index is 0.0503. The van der Waals surface area contributed by atoms with Crippen molar-refractivity contribution in [2.45, 2.75) is 12.8 Å². The molecule has 2 N–H and O–H groups in total. The minimum Gasteiger partial charge on any atom is -0.497 e. The molecule has 0 atom stereocenters. The van der Waals surface area contributed by atoms with Gasteiger partial charge in [-0.3, -0.25) is 9.79 Å². The van der Waals surface area contributed by atoms with Gasteiger partial charge >= 0.3 is 0 Å². The van der Waals surface area contributed by atoms with Crippen LogP contribution in [0.1, 0.15) is 11.3 Å². The van der Waals surface area contributed by atoms with E-state index in [1.807, 2.05) is 36.4 Å². The van der Waals surface area contributed by atoms with E-state index in [1.165, 1.54) is 0 Å². The average Bonchev–Trinajstić information content (AvgIpc) is 3.27. The van der Waals surface area contributed by atoms with Crippen molar-refractivity contribution in [1.29, 1.82) is 0 Å². The van der Waals surface area contributed by atoms with Crippen LogP contribution < -0.4 is 15.2 Å². The van der Waals surface area contributed by atoms with Crippen LogP contribution in [-0.2, 0) is 17.6 Å². The van der Waals surface area contributed by atoms with Gasteiger partial charge in [0.2, 0.25) is 5.96 Å². The summed E-state index contributed by atoms with van der Waals surface area (Å²) in [5.41, 5.74) is 8.00. The third kappa shape index (κ3) is 6.21. The molecule has 7 nitrogen and oxygen atoms in total. The first kappa shape index (κ1) is 23.1. The standard InChI is InChI=1S/C24H24ClN3O4/c1-30-19-6-3-16(4-7-19)11-12-27-24(26)28-18(15-29)14-20-8-10-22(32-20)17-5-9-23(31-2)21(25)13-17/h3-10,13,15H,11-12,14H2,1-2H3,(H2,26,27). The fourth-order valence-electron chi connectivity index (χ4n) is 3.01. The number of ether oxygens (including phenoxy) is 2. The SMILES string of the molecule is COc1ccc(CCN=C(N)N=C(C=O)Cc2ccc(-c3ccc(OC)c(Cl)c3)o2)cc1. The van der Waals surface area contributed by atoms with Crippen molar-refractivity contribution in [3.05, 3.63) is 70.9 Å². The summed E-state index contributed by atoms with van der Waals surface area (Å²) in [5.74, 6) is 2.63. The molecule has 0 bridgehead atoms. The summed E-state index contributed by atoms with van der Waals surface area (Å²) in [6, 6.07) is 16.7. The number of hydrogen-bond acceptors (Lipinski definition) is 5. The van der Waals surface area contributed by atoms with Crippen molar-refractivity contribution in [3.8, 4) is 22.8 Å². The molecule has 0 spiro atoms. The summed E-state index contributed by atoms with van der Waals surface area (Å²) in [5, 5.41) is 0.483. The van der Waals surface area contributed by atoms with Gasteiger partial charge in [0.25, 0.3) is 0 Å². The summed E-state index contributed by atoms with van der Waals surface area (Å²) < 4.78 is 16.1. The fourth-order valence-corrected chi connectivity index (χ4v) is 3.27. The normalized spacial score (nSPS) is 12.0. The van der Waals surface area contributed by atoms with E-state index in [-0.39, 0.29) is 18.1 Å². The molecule has 0 amide bonds. The second kappa shape index (κ2) is 11.2. The Kier molecular flexibility index (Phi) is 8.05. The van der Waals surface area contributed by atoms with Crippen molar-refractivity contribution < 1.29 is 18.7 Å². The third-order valence-electron chi connectivity index (χ3n) is 4.68. The lowest BCUT2D eigenvalue weighted by atomic mass is 10.1. The Labute approximate surface area is 191 Å². The highest BCUT2D eigenvalue weighted by Gasteiger charge is 2.10. The maximum Gasteiger partial charge on any atom is 0.215 e. The van der Waals surface area contributed by atoms with Crippen LogP contribution in [0, 0.1) is 0 Å². The number of furan rings is 1. The number of methoxy groups -OCH3 is 2. The number of halogens is 1. The van der Waals surface area contributed by atoms with Crippen molar-refractivity contribution in [2.75, 3.05) is 20.8 Å². The molecule has 0 fully saturated rings. The summed E-state index contributed by atoms with van der Waals surface area (Å²) in [4.78, 5) is 19.8. The number of nitrogens with zero attached hydrogens (tertiary/aromatic N) is 2. The van der Waals surface area contributed by atoms with E-state index in [1.54, 1.807) is 32.4 Å². The zero-order valence-electron chi connectivity index (χ0n) is 17.9. The summed E-state index contributed by atoms with van der Waals surface area (Å²) >= 11 is 6.18. The predicted octanol–water partition coefficient (Wildman–Crippen LogP) is 4.36.